The first-order chi connectivity index (χ1) is 8.22. The van der Waals surface area contributed by atoms with E-state index in [2.05, 4.69) is 5.32 Å². The predicted molar refractivity (Wildman–Crippen MR) is 66.6 cm³/mol. The van der Waals surface area contributed by atoms with E-state index in [-0.39, 0.29) is 11.3 Å². The normalized spacial score (nSPS) is 10.2. The van der Waals surface area contributed by atoms with Crippen molar-refractivity contribution < 1.29 is 4.79 Å². The first-order valence-electron chi connectivity index (χ1n) is 5.85. The highest BCUT2D eigenvalue weighted by Crippen LogP contribution is 1.98. The third kappa shape index (κ3) is 5.87. The number of aryl methyl sites for hydroxylation is 1. The first-order valence-corrected chi connectivity index (χ1v) is 5.85. The van der Waals surface area contributed by atoms with Crippen molar-refractivity contribution in [3.63, 3.8) is 0 Å². The number of carbonyl (C=O) groups is 1. The molecule has 94 valence electrons. The topological polar surface area (TPSA) is 77.1 Å². The number of nitrogens with zero attached hydrogens (tertiary/aromatic N) is 1. The third-order valence-corrected chi connectivity index (χ3v) is 2.40. The summed E-state index contributed by atoms with van der Waals surface area (Å²) >= 11 is 0. The molecule has 5 nitrogen and oxygen atoms in total. The lowest BCUT2D eigenvalue weighted by atomic mass is 10.2. The van der Waals surface area contributed by atoms with E-state index in [0.717, 1.165) is 19.4 Å². The number of hydrogen-bond acceptors (Lipinski definition) is 3. The second-order valence-electron chi connectivity index (χ2n) is 3.87. The van der Waals surface area contributed by atoms with Gasteiger partial charge in [0.15, 0.2) is 5.43 Å². The minimum atomic E-state index is 0.0161. The summed E-state index contributed by atoms with van der Waals surface area (Å²) in [7, 11) is 0. The SMILES string of the molecule is NCCNC(=O)CCCCn1ccc(=O)cc1. The van der Waals surface area contributed by atoms with E-state index in [1.54, 1.807) is 12.4 Å². The van der Waals surface area contributed by atoms with Crippen LogP contribution in [0.3, 0.4) is 0 Å². The van der Waals surface area contributed by atoms with E-state index in [1.165, 1.54) is 12.1 Å². The highest BCUT2D eigenvalue weighted by atomic mass is 16.1. The maximum Gasteiger partial charge on any atom is 0.220 e. The van der Waals surface area contributed by atoms with Gasteiger partial charge in [-0.2, -0.15) is 0 Å². The molecule has 0 aliphatic heterocycles. The van der Waals surface area contributed by atoms with Crippen molar-refractivity contribution >= 4 is 5.91 Å². The lowest BCUT2D eigenvalue weighted by Gasteiger charge is -2.06. The van der Waals surface area contributed by atoms with Gasteiger partial charge < -0.3 is 15.6 Å². The van der Waals surface area contributed by atoms with Gasteiger partial charge in [0.25, 0.3) is 0 Å². The van der Waals surface area contributed by atoms with E-state index in [1.807, 2.05) is 4.57 Å². The summed E-state index contributed by atoms with van der Waals surface area (Å²) in [6.45, 7) is 1.84. The molecular weight excluding hydrogens is 218 g/mol. The fourth-order valence-corrected chi connectivity index (χ4v) is 1.47. The van der Waals surface area contributed by atoms with Gasteiger partial charge in [-0.25, -0.2) is 0 Å². The molecule has 1 aromatic heterocycles. The zero-order chi connectivity index (χ0) is 12.5. The molecule has 1 amide bonds. The number of unbranched alkanes of at least 4 members (excludes halogenated alkanes) is 1. The highest BCUT2D eigenvalue weighted by molar-refractivity contribution is 5.75. The van der Waals surface area contributed by atoms with E-state index in [4.69, 9.17) is 5.73 Å². The molecular formula is C12H19N3O2. The van der Waals surface area contributed by atoms with Crippen LogP contribution in [0.4, 0.5) is 0 Å². The molecule has 0 aliphatic rings. The van der Waals surface area contributed by atoms with Crippen molar-refractivity contribution in [3.05, 3.63) is 34.7 Å². The van der Waals surface area contributed by atoms with E-state index in [0.29, 0.717) is 19.5 Å². The monoisotopic (exact) mass is 237 g/mol. The van der Waals surface area contributed by atoms with Crippen LogP contribution < -0.4 is 16.5 Å². The summed E-state index contributed by atoms with van der Waals surface area (Å²) in [6.07, 6.45) is 5.80. The number of rotatable bonds is 7. The van der Waals surface area contributed by atoms with Gasteiger partial charge in [-0.3, -0.25) is 9.59 Å². The van der Waals surface area contributed by atoms with E-state index in [9.17, 15) is 9.59 Å². The van der Waals surface area contributed by atoms with Crippen LogP contribution in [0.15, 0.2) is 29.3 Å². The minimum absolute atomic E-state index is 0.0161. The van der Waals surface area contributed by atoms with Crippen molar-refractivity contribution in [1.82, 2.24) is 9.88 Å². The average Bonchev–Trinajstić information content (AvgIpc) is 2.34. The minimum Gasteiger partial charge on any atom is -0.355 e. The Kier molecular flexibility index (Phi) is 6.03. The molecule has 0 atom stereocenters. The molecule has 1 rings (SSSR count). The van der Waals surface area contributed by atoms with Crippen molar-refractivity contribution in [2.24, 2.45) is 5.73 Å². The molecule has 0 fully saturated rings. The summed E-state index contributed by atoms with van der Waals surface area (Å²) in [4.78, 5) is 22.1. The summed E-state index contributed by atoms with van der Waals surface area (Å²) in [5.41, 5.74) is 5.29. The molecule has 0 aromatic carbocycles. The zero-order valence-corrected chi connectivity index (χ0v) is 9.89. The van der Waals surface area contributed by atoms with Gasteiger partial charge in [0.1, 0.15) is 0 Å². The van der Waals surface area contributed by atoms with Gasteiger partial charge in [0.2, 0.25) is 5.91 Å². The highest BCUT2D eigenvalue weighted by Gasteiger charge is 1.99. The Labute approximate surface area is 101 Å². The maximum atomic E-state index is 11.2. The number of pyridine rings is 1. The van der Waals surface area contributed by atoms with Gasteiger partial charge in [0.05, 0.1) is 0 Å². The Morgan fingerprint density at radius 3 is 2.65 bits per heavy atom. The molecule has 0 unspecified atom stereocenters. The molecule has 17 heavy (non-hydrogen) atoms. The zero-order valence-electron chi connectivity index (χ0n) is 9.89. The summed E-state index contributed by atoms with van der Waals surface area (Å²) in [5, 5.41) is 2.73. The number of amides is 1. The Morgan fingerprint density at radius 1 is 1.29 bits per heavy atom. The summed E-state index contributed by atoms with van der Waals surface area (Å²) < 4.78 is 1.94. The lowest BCUT2D eigenvalue weighted by Crippen LogP contribution is -2.28. The van der Waals surface area contributed by atoms with Gasteiger partial charge in [-0.05, 0) is 12.8 Å². The smallest absolute Gasteiger partial charge is 0.220 e. The van der Waals surface area contributed by atoms with Crippen molar-refractivity contribution in [3.8, 4) is 0 Å². The summed E-state index contributed by atoms with van der Waals surface area (Å²) in [5.74, 6) is 0.0513. The van der Waals surface area contributed by atoms with Crippen LogP contribution in [0, 0.1) is 0 Å². The Morgan fingerprint density at radius 2 is 2.00 bits per heavy atom. The lowest BCUT2D eigenvalue weighted by molar-refractivity contribution is -0.121. The molecule has 0 saturated heterocycles. The van der Waals surface area contributed by atoms with Gasteiger partial charge >= 0.3 is 0 Å². The molecule has 0 radical (unpaired) electrons. The van der Waals surface area contributed by atoms with E-state index < -0.39 is 0 Å². The standard InChI is InChI=1S/C12H19N3O2/c13-6-7-14-12(17)3-1-2-8-15-9-4-11(16)5-10-15/h4-5,9-10H,1-3,6-8,13H2,(H,14,17). The molecule has 1 heterocycles. The Balaban J connectivity index is 2.13. The number of aromatic nitrogens is 1. The van der Waals surface area contributed by atoms with Crippen LogP contribution in [0.2, 0.25) is 0 Å². The van der Waals surface area contributed by atoms with Crippen LogP contribution in [-0.4, -0.2) is 23.6 Å². The van der Waals surface area contributed by atoms with Crippen LogP contribution in [-0.2, 0) is 11.3 Å². The largest absolute Gasteiger partial charge is 0.355 e. The van der Waals surface area contributed by atoms with Crippen molar-refractivity contribution in [2.45, 2.75) is 25.8 Å². The molecule has 3 N–H and O–H groups in total. The van der Waals surface area contributed by atoms with Gasteiger partial charge in [-0.1, -0.05) is 0 Å². The fraction of sp³-hybridized carbons (Fsp3) is 0.500. The Hall–Kier alpha value is -1.62. The molecule has 0 saturated carbocycles. The Bertz CT molecular complexity index is 380. The van der Waals surface area contributed by atoms with Crippen LogP contribution in [0.1, 0.15) is 19.3 Å². The van der Waals surface area contributed by atoms with E-state index >= 15 is 0 Å². The maximum absolute atomic E-state index is 11.2. The molecule has 0 bridgehead atoms. The third-order valence-electron chi connectivity index (χ3n) is 2.40. The number of carbonyl (C=O) groups excluding carboxylic acids is 1. The van der Waals surface area contributed by atoms with Crippen molar-refractivity contribution in [2.75, 3.05) is 13.1 Å². The number of nitrogens with one attached hydrogen (secondary N) is 1. The quantitative estimate of drug-likeness (QED) is 0.660. The second kappa shape index (κ2) is 7.62. The van der Waals surface area contributed by atoms with Gasteiger partial charge in [-0.15, -0.1) is 0 Å². The van der Waals surface area contributed by atoms with Crippen LogP contribution in [0.25, 0.3) is 0 Å². The fourth-order valence-electron chi connectivity index (χ4n) is 1.47. The molecule has 0 spiro atoms. The average molecular weight is 237 g/mol. The van der Waals surface area contributed by atoms with Gasteiger partial charge in [0, 0.05) is 50.6 Å². The van der Waals surface area contributed by atoms with Crippen molar-refractivity contribution in [1.29, 1.82) is 0 Å². The van der Waals surface area contributed by atoms with Crippen LogP contribution in [0.5, 0.6) is 0 Å². The number of hydrogen-bond donors (Lipinski definition) is 2. The molecule has 1 aromatic rings. The second-order valence-corrected chi connectivity index (χ2v) is 3.87. The first kappa shape index (κ1) is 13.4. The molecule has 0 aliphatic carbocycles. The molecule has 5 heteroatoms. The number of nitrogens with two attached hydrogens (primary N) is 1. The summed E-state index contributed by atoms with van der Waals surface area (Å²) in [6, 6.07) is 3.07. The predicted octanol–water partition coefficient (Wildman–Crippen LogP) is 0.0935. The van der Waals surface area contributed by atoms with Crippen LogP contribution >= 0.6 is 0 Å².